The average Bonchev–Trinajstić information content (AvgIpc) is 3.53. The largest absolute Gasteiger partial charge is 0.444 e. The van der Waals surface area contributed by atoms with E-state index in [0.29, 0.717) is 25.9 Å². The molecule has 1 aliphatic carbocycles. The Labute approximate surface area is 307 Å². The molecular weight excluding hydrogens is 711 g/mol. The van der Waals surface area contributed by atoms with E-state index in [4.69, 9.17) is 9.47 Å². The van der Waals surface area contributed by atoms with Gasteiger partial charge in [-0.3, -0.25) is 19.3 Å². The van der Waals surface area contributed by atoms with Crippen molar-refractivity contribution in [3.63, 3.8) is 0 Å². The Morgan fingerprint density at radius 3 is 2.42 bits per heavy atom. The van der Waals surface area contributed by atoms with E-state index < -0.39 is 75.2 Å². The third-order valence-corrected chi connectivity index (χ3v) is 12.4. The van der Waals surface area contributed by atoms with E-state index in [1.807, 2.05) is 36.4 Å². The first kappa shape index (κ1) is 37.3. The number of allylic oxidation sites excluding steroid dienone is 1. The molecule has 3 aliphatic heterocycles. The molecular formula is C36H45N5O9S2. The molecule has 14 nitrogen and oxygen atoms in total. The van der Waals surface area contributed by atoms with Gasteiger partial charge in [-0.2, -0.15) is 0 Å². The molecule has 1 saturated carbocycles. The van der Waals surface area contributed by atoms with Gasteiger partial charge in [0.25, 0.3) is 15.9 Å². The maximum Gasteiger partial charge on any atom is 0.410 e. The summed E-state index contributed by atoms with van der Waals surface area (Å²) in [6.07, 6.45) is 4.58. The monoisotopic (exact) mass is 755 g/mol. The highest BCUT2D eigenvalue weighted by Gasteiger charge is 2.62. The van der Waals surface area contributed by atoms with E-state index in [9.17, 15) is 32.4 Å². The Bertz CT molecular complexity index is 1820. The van der Waals surface area contributed by atoms with Gasteiger partial charge in [0, 0.05) is 25.4 Å². The zero-order chi connectivity index (χ0) is 37.3. The van der Waals surface area contributed by atoms with Crippen LogP contribution in [-0.4, -0.2) is 84.0 Å². The van der Waals surface area contributed by atoms with Gasteiger partial charge >= 0.3 is 12.2 Å². The Morgan fingerprint density at radius 1 is 1.02 bits per heavy atom. The summed E-state index contributed by atoms with van der Waals surface area (Å²) in [5.41, 5.74) is -0.406. The lowest BCUT2D eigenvalue weighted by atomic mass is 10.0. The van der Waals surface area contributed by atoms with Crippen LogP contribution < -0.4 is 15.4 Å². The lowest BCUT2D eigenvalue weighted by Gasteiger charge is -2.30. The van der Waals surface area contributed by atoms with Gasteiger partial charge in [0.2, 0.25) is 11.8 Å². The number of hydrogen-bond donors (Lipinski definition) is 3. The minimum absolute atomic E-state index is 0.0460. The summed E-state index contributed by atoms with van der Waals surface area (Å²) in [4.78, 5) is 71.4. The molecule has 0 bridgehead atoms. The lowest BCUT2D eigenvalue weighted by Crippen LogP contribution is -2.58. The number of amides is 5. The predicted octanol–water partition coefficient (Wildman–Crippen LogP) is 3.96. The van der Waals surface area contributed by atoms with Gasteiger partial charge in [-0.1, -0.05) is 55.3 Å². The average molecular weight is 756 g/mol. The number of benzene rings is 1. The first-order chi connectivity index (χ1) is 24.6. The van der Waals surface area contributed by atoms with E-state index in [-0.39, 0.29) is 30.0 Å². The maximum atomic E-state index is 14.3. The molecule has 0 unspecified atom stereocenters. The summed E-state index contributed by atoms with van der Waals surface area (Å²) in [6.45, 7) is 5.71. The summed E-state index contributed by atoms with van der Waals surface area (Å²) in [7, 11) is -4.20. The molecule has 0 spiro atoms. The van der Waals surface area contributed by atoms with Crippen LogP contribution in [0.4, 0.5) is 9.59 Å². The molecule has 4 heterocycles. The molecule has 280 valence electrons. The maximum absolute atomic E-state index is 14.3. The molecule has 2 fully saturated rings. The topological polar surface area (TPSA) is 181 Å². The zero-order valence-electron chi connectivity index (χ0n) is 29.5. The molecule has 2 aromatic rings. The molecule has 5 atom stereocenters. The van der Waals surface area contributed by atoms with Crippen LogP contribution in [0, 0.1) is 5.92 Å². The first-order valence-electron chi connectivity index (χ1n) is 17.6. The van der Waals surface area contributed by atoms with Crippen LogP contribution in [0.3, 0.4) is 0 Å². The second-order valence-electron chi connectivity index (χ2n) is 14.8. The van der Waals surface area contributed by atoms with Crippen molar-refractivity contribution in [1.29, 1.82) is 0 Å². The van der Waals surface area contributed by atoms with Gasteiger partial charge in [-0.05, 0) is 69.0 Å². The smallest absolute Gasteiger partial charge is 0.410 e. The summed E-state index contributed by atoms with van der Waals surface area (Å²) < 4.78 is 39.5. The minimum atomic E-state index is -4.20. The van der Waals surface area contributed by atoms with Crippen molar-refractivity contribution in [2.24, 2.45) is 5.92 Å². The van der Waals surface area contributed by atoms with Gasteiger partial charge in [0.15, 0.2) is 0 Å². The summed E-state index contributed by atoms with van der Waals surface area (Å²) in [5.74, 6) is -2.63. The van der Waals surface area contributed by atoms with Gasteiger partial charge < -0.3 is 25.0 Å². The third kappa shape index (κ3) is 8.44. The summed E-state index contributed by atoms with van der Waals surface area (Å²) in [5, 5.41) is 7.08. The highest BCUT2D eigenvalue weighted by atomic mass is 32.2. The zero-order valence-corrected chi connectivity index (χ0v) is 31.1. The number of rotatable bonds is 5. The number of hydrogen-bond acceptors (Lipinski definition) is 10. The number of fused-ring (bicyclic) bond motifs is 3. The van der Waals surface area contributed by atoms with Crippen molar-refractivity contribution in [3.05, 3.63) is 65.1 Å². The number of carbonyl (C=O) groups is 5. The molecule has 16 heteroatoms. The quantitative estimate of drug-likeness (QED) is 0.381. The van der Waals surface area contributed by atoms with Crippen LogP contribution in [0.2, 0.25) is 0 Å². The van der Waals surface area contributed by atoms with Crippen LogP contribution in [0.25, 0.3) is 0 Å². The number of nitrogens with zero attached hydrogens (tertiary/aromatic N) is 2. The number of nitrogens with one attached hydrogen (secondary N) is 3. The number of thiophene rings is 1. The molecule has 4 aliphatic rings. The highest BCUT2D eigenvalue weighted by Crippen LogP contribution is 2.46. The Balaban J connectivity index is 1.26. The van der Waals surface area contributed by atoms with E-state index in [1.54, 1.807) is 37.1 Å². The van der Waals surface area contributed by atoms with Crippen molar-refractivity contribution >= 4 is 51.3 Å². The van der Waals surface area contributed by atoms with Gasteiger partial charge in [0.1, 0.15) is 33.5 Å². The fraction of sp³-hybridized carbons (Fsp3) is 0.528. The molecule has 1 saturated heterocycles. The molecule has 5 amide bonds. The molecule has 52 heavy (non-hydrogen) atoms. The summed E-state index contributed by atoms with van der Waals surface area (Å²) in [6, 6.07) is 8.36. The van der Waals surface area contributed by atoms with E-state index in [2.05, 4.69) is 15.4 Å². The number of carbonyl (C=O) groups excluding carboxylic acids is 5. The Hall–Kier alpha value is -4.44. The van der Waals surface area contributed by atoms with Crippen LogP contribution in [0.1, 0.15) is 76.8 Å². The molecule has 1 aromatic carbocycles. The SMILES string of the molecule is CC(C)(C)OC(=O)N[C@@H]1CCCCCC=C[C@@H]2C[C@@]2(C(=O)NS(=O)(=O)c2cccs2)NC(=O)[C@@H]2C[C@@H](OC(=O)N3Cc4ccccc4C3)CN2C1=O. The van der Waals surface area contributed by atoms with Crippen molar-refractivity contribution in [2.75, 3.05) is 6.54 Å². The Morgan fingerprint density at radius 2 is 1.75 bits per heavy atom. The van der Waals surface area contributed by atoms with Crippen LogP contribution in [-0.2, 0) is 47.0 Å². The molecule has 1 aromatic heterocycles. The molecule has 6 rings (SSSR count). The lowest BCUT2D eigenvalue weighted by molar-refractivity contribution is -0.141. The van der Waals surface area contributed by atoms with Gasteiger partial charge in [-0.25, -0.2) is 22.7 Å². The number of sulfonamides is 1. The van der Waals surface area contributed by atoms with Crippen LogP contribution in [0.15, 0.2) is 58.1 Å². The standard InChI is InChI=1S/C36H45N5O9S2/c1-35(2,3)50-33(45)37-27-15-8-6-4-5-7-14-25-19-36(25,32(44)39-52(47,48)29-16-11-17-51-29)38-30(42)28-18-26(22-41(28)31(27)43)49-34(46)40-20-23-12-9-10-13-24(23)21-40/h7,9-14,16-17,25-28H,4-6,8,15,18-22H2,1-3H3,(H,37,45)(H,38,42)(H,39,44)/t25-,26-,27-,28+,36-/m1/s1. The predicted molar refractivity (Wildman–Crippen MR) is 190 cm³/mol. The van der Waals surface area contributed by atoms with Gasteiger partial charge in [-0.15, -0.1) is 11.3 Å². The highest BCUT2D eigenvalue weighted by molar-refractivity contribution is 7.92. The fourth-order valence-electron chi connectivity index (χ4n) is 6.97. The van der Waals surface area contributed by atoms with E-state index in [1.165, 1.54) is 11.0 Å². The van der Waals surface area contributed by atoms with E-state index in [0.717, 1.165) is 35.3 Å². The van der Waals surface area contributed by atoms with Crippen molar-refractivity contribution < 1.29 is 41.9 Å². The van der Waals surface area contributed by atoms with Crippen molar-refractivity contribution in [2.45, 2.75) is 112 Å². The van der Waals surface area contributed by atoms with Crippen molar-refractivity contribution in [1.82, 2.24) is 25.2 Å². The Kier molecular flexibility index (Phi) is 10.7. The second kappa shape index (κ2) is 14.9. The van der Waals surface area contributed by atoms with Crippen molar-refractivity contribution in [3.8, 4) is 0 Å². The van der Waals surface area contributed by atoms with E-state index >= 15 is 0 Å². The summed E-state index contributed by atoms with van der Waals surface area (Å²) >= 11 is 0.955. The molecule has 3 N–H and O–H groups in total. The fourth-order valence-corrected chi connectivity index (χ4v) is 9.01. The minimum Gasteiger partial charge on any atom is -0.444 e. The van der Waals surface area contributed by atoms with Gasteiger partial charge in [0.05, 0.1) is 6.54 Å². The number of ether oxygens (including phenoxy) is 2. The second-order valence-corrected chi connectivity index (χ2v) is 17.6. The normalized spacial score (nSPS) is 26.5. The third-order valence-electron chi connectivity index (χ3n) is 9.69. The first-order valence-corrected chi connectivity index (χ1v) is 19.9. The van der Waals surface area contributed by atoms with Crippen LogP contribution >= 0.6 is 11.3 Å². The number of alkyl carbamates (subject to hydrolysis) is 1. The molecule has 0 radical (unpaired) electrons. The van der Waals surface area contributed by atoms with Crippen LogP contribution in [0.5, 0.6) is 0 Å².